The summed E-state index contributed by atoms with van der Waals surface area (Å²) >= 11 is 0. The van der Waals surface area contributed by atoms with Gasteiger partial charge < -0.3 is 10.6 Å². The van der Waals surface area contributed by atoms with Crippen molar-refractivity contribution >= 4 is 6.03 Å². The number of H-pyrrole nitrogens is 1. The lowest BCUT2D eigenvalue weighted by molar-refractivity contribution is 0.237. The van der Waals surface area contributed by atoms with Gasteiger partial charge in [0.15, 0.2) is 5.82 Å². The van der Waals surface area contributed by atoms with E-state index >= 15 is 0 Å². The summed E-state index contributed by atoms with van der Waals surface area (Å²) in [6.07, 6.45) is 3.37. The maximum absolute atomic E-state index is 12.0. The molecular formula is C17H18N6O. The molecule has 0 saturated carbocycles. The zero-order valence-corrected chi connectivity index (χ0v) is 13.2. The second-order valence-electron chi connectivity index (χ2n) is 5.31. The fourth-order valence-corrected chi connectivity index (χ4v) is 2.19. The number of carbonyl (C=O) groups excluding carboxylic acids is 1. The summed E-state index contributed by atoms with van der Waals surface area (Å²) in [5, 5.41) is 12.7. The van der Waals surface area contributed by atoms with Crippen LogP contribution in [0.15, 0.2) is 54.9 Å². The summed E-state index contributed by atoms with van der Waals surface area (Å²) in [7, 11) is 0. The number of aromatic amines is 1. The van der Waals surface area contributed by atoms with E-state index in [1.165, 1.54) is 0 Å². The van der Waals surface area contributed by atoms with Crippen molar-refractivity contribution in [2.24, 2.45) is 0 Å². The average Bonchev–Trinajstić information content (AvgIpc) is 3.12. The van der Waals surface area contributed by atoms with E-state index in [-0.39, 0.29) is 12.1 Å². The number of benzene rings is 1. The lowest BCUT2D eigenvalue weighted by Crippen LogP contribution is -2.37. The van der Waals surface area contributed by atoms with Crippen LogP contribution in [0.25, 0.3) is 11.4 Å². The van der Waals surface area contributed by atoms with Crippen molar-refractivity contribution in [2.75, 3.05) is 0 Å². The quantitative estimate of drug-likeness (QED) is 0.672. The lowest BCUT2D eigenvalue weighted by Gasteiger charge is -2.12. The van der Waals surface area contributed by atoms with Crippen LogP contribution in [0, 0.1) is 0 Å². The Balaban J connectivity index is 1.56. The molecule has 2 amide bonds. The lowest BCUT2D eigenvalue weighted by atomic mass is 10.2. The minimum Gasteiger partial charge on any atom is -0.334 e. The van der Waals surface area contributed by atoms with E-state index in [1.54, 1.807) is 12.4 Å². The van der Waals surface area contributed by atoms with Crippen LogP contribution >= 0.6 is 0 Å². The molecular weight excluding hydrogens is 304 g/mol. The molecule has 0 bridgehead atoms. The molecule has 0 fully saturated rings. The molecule has 1 aromatic carbocycles. The Labute approximate surface area is 139 Å². The Hall–Kier alpha value is -3.22. The number of pyridine rings is 1. The minimum absolute atomic E-state index is 0.256. The van der Waals surface area contributed by atoms with Crippen LogP contribution in [0.1, 0.15) is 24.4 Å². The van der Waals surface area contributed by atoms with Crippen LogP contribution in [-0.4, -0.2) is 26.2 Å². The second kappa shape index (κ2) is 7.36. The number of hydrogen-bond donors (Lipinski definition) is 3. The molecule has 24 heavy (non-hydrogen) atoms. The van der Waals surface area contributed by atoms with E-state index in [2.05, 4.69) is 30.8 Å². The first-order valence-electron chi connectivity index (χ1n) is 7.63. The molecule has 7 nitrogen and oxygen atoms in total. The highest BCUT2D eigenvalue weighted by Gasteiger charge is 2.14. The smallest absolute Gasteiger partial charge is 0.315 e. The van der Waals surface area contributed by atoms with Gasteiger partial charge in [0.05, 0.1) is 6.04 Å². The van der Waals surface area contributed by atoms with Crippen molar-refractivity contribution in [1.82, 2.24) is 30.8 Å². The van der Waals surface area contributed by atoms with Gasteiger partial charge in [0.25, 0.3) is 0 Å². The molecule has 0 saturated heterocycles. The van der Waals surface area contributed by atoms with Crippen LogP contribution in [0.5, 0.6) is 0 Å². The molecule has 0 radical (unpaired) electrons. The zero-order chi connectivity index (χ0) is 16.8. The number of amides is 2. The number of urea groups is 1. The highest BCUT2D eigenvalue weighted by atomic mass is 16.2. The topological polar surface area (TPSA) is 95.6 Å². The van der Waals surface area contributed by atoms with Gasteiger partial charge in [0.2, 0.25) is 0 Å². The molecule has 3 aromatic rings. The van der Waals surface area contributed by atoms with Crippen LogP contribution in [0.3, 0.4) is 0 Å². The Morgan fingerprint density at radius 3 is 2.67 bits per heavy atom. The number of carbonyl (C=O) groups is 1. The van der Waals surface area contributed by atoms with Gasteiger partial charge in [-0.3, -0.25) is 10.1 Å². The molecule has 0 aliphatic carbocycles. The number of nitrogens with one attached hydrogen (secondary N) is 3. The first-order chi connectivity index (χ1) is 11.7. The third-order valence-electron chi connectivity index (χ3n) is 3.49. The normalized spacial score (nSPS) is 11.7. The van der Waals surface area contributed by atoms with Gasteiger partial charge in [-0.2, -0.15) is 5.10 Å². The van der Waals surface area contributed by atoms with E-state index in [1.807, 2.05) is 49.4 Å². The average molecular weight is 322 g/mol. The minimum atomic E-state index is -0.288. The fourth-order valence-electron chi connectivity index (χ4n) is 2.19. The van der Waals surface area contributed by atoms with Crippen LogP contribution in [-0.2, 0) is 6.54 Å². The SMILES string of the molecule is C[C@H](NC(=O)NCc1ccccc1)c1nc(-c2ccncc2)n[nH]1. The summed E-state index contributed by atoms with van der Waals surface area (Å²) in [5.41, 5.74) is 1.91. The summed E-state index contributed by atoms with van der Waals surface area (Å²) in [5.74, 6) is 1.17. The zero-order valence-electron chi connectivity index (χ0n) is 13.2. The molecule has 2 heterocycles. The van der Waals surface area contributed by atoms with Crippen LogP contribution in [0.4, 0.5) is 4.79 Å². The van der Waals surface area contributed by atoms with Crippen molar-refractivity contribution in [3.63, 3.8) is 0 Å². The molecule has 3 rings (SSSR count). The molecule has 122 valence electrons. The first-order valence-corrected chi connectivity index (χ1v) is 7.63. The van der Waals surface area contributed by atoms with Gasteiger partial charge in [0, 0.05) is 24.5 Å². The molecule has 0 aliphatic heterocycles. The highest BCUT2D eigenvalue weighted by Crippen LogP contribution is 2.15. The molecule has 0 unspecified atom stereocenters. The third kappa shape index (κ3) is 3.95. The Kier molecular flexibility index (Phi) is 4.81. The van der Waals surface area contributed by atoms with Gasteiger partial charge in [-0.15, -0.1) is 0 Å². The van der Waals surface area contributed by atoms with Crippen molar-refractivity contribution in [3.8, 4) is 11.4 Å². The Bertz CT molecular complexity index is 787. The van der Waals surface area contributed by atoms with Crippen molar-refractivity contribution in [3.05, 3.63) is 66.2 Å². The van der Waals surface area contributed by atoms with Crippen molar-refractivity contribution < 1.29 is 4.79 Å². The summed E-state index contributed by atoms with van der Waals surface area (Å²) in [6, 6.07) is 12.9. The summed E-state index contributed by atoms with van der Waals surface area (Å²) < 4.78 is 0. The van der Waals surface area contributed by atoms with Gasteiger partial charge in [0.1, 0.15) is 5.82 Å². The number of rotatable bonds is 5. The first kappa shape index (κ1) is 15.7. The number of hydrogen-bond acceptors (Lipinski definition) is 4. The molecule has 2 aromatic heterocycles. The summed E-state index contributed by atoms with van der Waals surface area (Å²) in [6.45, 7) is 2.32. The van der Waals surface area contributed by atoms with E-state index in [0.29, 0.717) is 18.2 Å². The number of aromatic nitrogens is 4. The van der Waals surface area contributed by atoms with Gasteiger partial charge >= 0.3 is 6.03 Å². The molecule has 0 aliphatic rings. The highest BCUT2D eigenvalue weighted by molar-refractivity contribution is 5.74. The molecule has 7 heteroatoms. The molecule has 1 atom stereocenters. The van der Waals surface area contributed by atoms with Gasteiger partial charge in [-0.1, -0.05) is 30.3 Å². The maximum Gasteiger partial charge on any atom is 0.315 e. The van der Waals surface area contributed by atoms with E-state index in [0.717, 1.165) is 11.1 Å². The maximum atomic E-state index is 12.0. The Morgan fingerprint density at radius 2 is 1.92 bits per heavy atom. The van der Waals surface area contributed by atoms with E-state index < -0.39 is 0 Å². The fraction of sp³-hybridized carbons (Fsp3) is 0.176. The predicted molar refractivity (Wildman–Crippen MR) is 89.8 cm³/mol. The van der Waals surface area contributed by atoms with Crippen LogP contribution in [0.2, 0.25) is 0 Å². The second-order valence-corrected chi connectivity index (χ2v) is 5.31. The van der Waals surface area contributed by atoms with Crippen molar-refractivity contribution in [1.29, 1.82) is 0 Å². The Morgan fingerprint density at radius 1 is 1.17 bits per heavy atom. The van der Waals surface area contributed by atoms with Crippen molar-refractivity contribution in [2.45, 2.75) is 19.5 Å². The predicted octanol–water partition coefficient (Wildman–Crippen LogP) is 2.43. The molecule has 3 N–H and O–H groups in total. The third-order valence-corrected chi connectivity index (χ3v) is 3.49. The number of nitrogens with zero attached hydrogens (tertiary/aromatic N) is 3. The standard InChI is InChI=1S/C17H18N6O/c1-12(20-17(24)19-11-13-5-3-2-4-6-13)15-21-16(23-22-15)14-7-9-18-10-8-14/h2-10,12H,11H2,1H3,(H2,19,20,24)(H,21,22,23)/t12-/m0/s1. The molecule has 0 spiro atoms. The van der Waals surface area contributed by atoms with E-state index in [4.69, 9.17) is 0 Å². The summed E-state index contributed by atoms with van der Waals surface area (Å²) in [4.78, 5) is 20.4. The van der Waals surface area contributed by atoms with E-state index in [9.17, 15) is 4.79 Å². The largest absolute Gasteiger partial charge is 0.334 e. The van der Waals surface area contributed by atoms with Gasteiger partial charge in [-0.25, -0.2) is 9.78 Å². The van der Waals surface area contributed by atoms with Gasteiger partial charge in [-0.05, 0) is 24.6 Å². The van der Waals surface area contributed by atoms with Crippen LogP contribution < -0.4 is 10.6 Å². The monoisotopic (exact) mass is 322 g/mol.